The highest BCUT2D eigenvalue weighted by Gasteiger charge is 2.23. The Labute approximate surface area is 133 Å². The average Bonchev–Trinajstić information content (AvgIpc) is 2.52. The molecule has 1 saturated heterocycles. The fourth-order valence-corrected chi connectivity index (χ4v) is 2.29. The summed E-state index contributed by atoms with van der Waals surface area (Å²) in [6, 6.07) is 2.39. The molecule has 0 bridgehead atoms. The molecular weight excluding hydrogens is 308 g/mol. The Bertz CT molecular complexity index is 575. The number of piperazine rings is 1. The summed E-state index contributed by atoms with van der Waals surface area (Å²) in [6.07, 6.45) is 0. The van der Waals surface area contributed by atoms with E-state index in [-0.39, 0.29) is 18.2 Å². The van der Waals surface area contributed by atoms with Crippen molar-refractivity contribution in [3.63, 3.8) is 0 Å². The maximum atomic E-state index is 13.5. The van der Waals surface area contributed by atoms with E-state index in [0.717, 1.165) is 18.2 Å². The fraction of sp³-hybridized carbons (Fsp3) is 0.467. The highest BCUT2D eigenvalue weighted by atomic mass is 19.1. The first kappa shape index (κ1) is 17.1. The van der Waals surface area contributed by atoms with E-state index in [9.17, 15) is 18.4 Å². The number of urea groups is 1. The van der Waals surface area contributed by atoms with Crippen molar-refractivity contribution in [1.82, 2.24) is 9.80 Å². The van der Waals surface area contributed by atoms with E-state index in [1.807, 2.05) is 4.90 Å². The highest BCUT2D eigenvalue weighted by Crippen LogP contribution is 2.16. The van der Waals surface area contributed by atoms with Crippen molar-refractivity contribution in [3.05, 3.63) is 29.8 Å². The molecule has 1 heterocycles. The van der Waals surface area contributed by atoms with E-state index in [2.05, 4.69) is 5.32 Å². The standard InChI is InChI=1S/C15H19F2N3O3/c1-2-23-14(21)10-19-5-7-20(8-6-19)15(22)18-13-9-11(16)3-4-12(13)17/h3-4,9H,2,5-8,10H2,1H3,(H,18,22). The van der Waals surface area contributed by atoms with Gasteiger partial charge in [-0.3, -0.25) is 9.69 Å². The summed E-state index contributed by atoms with van der Waals surface area (Å²) >= 11 is 0. The predicted octanol–water partition coefficient (Wildman–Crippen LogP) is 1.68. The zero-order chi connectivity index (χ0) is 16.8. The van der Waals surface area contributed by atoms with Crippen LogP contribution in [-0.4, -0.2) is 61.1 Å². The Morgan fingerprint density at radius 3 is 2.57 bits per heavy atom. The molecule has 126 valence electrons. The molecule has 2 rings (SSSR count). The van der Waals surface area contributed by atoms with Crippen molar-refractivity contribution in [1.29, 1.82) is 0 Å². The molecule has 0 atom stereocenters. The molecular formula is C15H19F2N3O3. The number of hydrogen-bond acceptors (Lipinski definition) is 4. The van der Waals surface area contributed by atoms with Gasteiger partial charge in [-0.05, 0) is 19.1 Å². The molecule has 6 nitrogen and oxygen atoms in total. The molecule has 1 N–H and O–H groups in total. The van der Waals surface area contributed by atoms with E-state index in [4.69, 9.17) is 4.74 Å². The lowest BCUT2D eigenvalue weighted by molar-refractivity contribution is -0.144. The number of hydrogen-bond donors (Lipinski definition) is 1. The largest absolute Gasteiger partial charge is 0.465 e. The van der Waals surface area contributed by atoms with Gasteiger partial charge in [-0.1, -0.05) is 0 Å². The molecule has 0 aromatic heterocycles. The number of nitrogens with zero attached hydrogens (tertiary/aromatic N) is 2. The maximum absolute atomic E-state index is 13.5. The smallest absolute Gasteiger partial charge is 0.322 e. The summed E-state index contributed by atoms with van der Waals surface area (Å²) in [4.78, 5) is 26.9. The molecule has 0 unspecified atom stereocenters. The van der Waals surface area contributed by atoms with Crippen LogP contribution in [0.1, 0.15) is 6.92 Å². The molecule has 0 radical (unpaired) electrons. The maximum Gasteiger partial charge on any atom is 0.322 e. The van der Waals surface area contributed by atoms with Crippen LogP contribution in [0.15, 0.2) is 18.2 Å². The molecule has 0 aliphatic carbocycles. The van der Waals surface area contributed by atoms with Crippen LogP contribution in [0.2, 0.25) is 0 Å². The Morgan fingerprint density at radius 2 is 1.91 bits per heavy atom. The first-order chi connectivity index (χ1) is 11.0. The minimum Gasteiger partial charge on any atom is -0.465 e. The second-order valence-corrected chi connectivity index (χ2v) is 5.12. The Hall–Kier alpha value is -2.22. The SMILES string of the molecule is CCOC(=O)CN1CCN(C(=O)Nc2cc(F)ccc2F)CC1. The number of carbonyl (C=O) groups excluding carboxylic acids is 2. The van der Waals surface area contributed by atoms with Crippen LogP contribution in [0.3, 0.4) is 0 Å². The number of ether oxygens (including phenoxy) is 1. The predicted molar refractivity (Wildman–Crippen MR) is 80.0 cm³/mol. The summed E-state index contributed by atoms with van der Waals surface area (Å²) < 4.78 is 31.5. The fourth-order valence-electron chi connectivity index (χ4n) is 2.29. The van der Waals surface area contributed by atoms with Crippen molar-refractivity contribution < 1.29 is 23.1 Å². The van der Waals surface area contributed by atoms with Gasteiger partial charge in [0.15, 0.2) is 0 Å². The van der Waals surface area contributed by atoms with E-state index in [1.54, 1.807) is 6.92 Å². The third-order valence-corrected chi connectivity index (χ3v) is 3.49. The number of halogens is 2. The third-order valence-electron chi connectivity index (χ3n) is 3.49. The van der Waals surface area contributed by atoms with Gasteiger partial charge in [0.1, 0.15) is 11.6 Å². The number of esters is 1. The average molecular weight is 327 g/mol. The number of carbonyl (C=O) groups is 2. The van der Waals surface area contributed by atoms with Gasteiger partial charge in [0.2, 0.25) is 0 Å². The van der Waals surface area contributed by atoms with Gasteiger partial charge in [0, 0.05) is 32.2 Å². The van der Waals surface area contributed by atoms with Gasteiger partial charge in [0.25, 0.3) is 0 Å². The first-order valence-corrected chi connectivity index (χ1v) is 7.38. The second-order valence-electron chi connectivity index (χ2n) is 5.12. The lowest BCUT2D eigenvalue weighted by Crippen LogP contribution is -2.51. The zero-order valence-corrected chi connectivity index (χ0v) is 12.8. The van der Waals surface area contributed by atoms with E-state index in [1.165, 1.54) is 4.90 Å². The zero-order valence-electron chi connectivity index (χ0n) is 12.8. The summed E-state index contributed by atoms with van der Waals surface area (Å²) in [5.74, 6) is -1.62. The molecule has 2 amide bonds. The minimum atomic E-state index is -0.694. The monoisotopic (exact) mass is 327 g/mol. The van der Waals surface area contributed by atoms with Gasteiger partial charge in [-0.2, -0.15) is 0 Å². The lowest BCUT2D eigenvalue weighted by Gasteiger charge is -2.34. The van der Waals surface area contributed by atoms with E-state index in [0.29, 0.717) is 32.8 Å². The molecule has 0 spiro atoms. The van der Waals surface area contributed by atoms with Crippen molar-refractivity contribution in [2.75, 3.05) is 44.6 Å². The second kappa shape index (κ2) is 7.87. The van der Waals surface area contributed by atoms with Gasteiger partial charge < -0.3 is 15.0 Å². The van der Waals surface area contributed by atoms with E-state index >= 15 is 0 Å². The molecule has 1 aromatic rings. The molecule has 23 heavy (non-hydrogen) atoms. The number of nitrogens with one attached hydrogen (secondary N) is 1. The number of rotatable bonds is 4. The van der Waals surface area contributed by atoms with Crippen molar-refractivity contribution in [3.8, 4) is 0 Å². The van der Waals surface area contributed by atoms with Crippen LogP contribution >= 0.6 is 0 Å². The number of benzene rings is 1. The molecule has 0 saturated carbocycles. The van der Waals surface area contributed by atoms with Gasteiger partial charge in [0.05, 0.1) is 18.8 Å². The summed E-state index contributed by atoms with van der Waals surface area (Å²) in [5.41, 5.74) is -0.191. The summed E-state index contributed by atoms with van der Waals surface area (Å²) in [6.45, 7) is 4.06. The summed E-state index contributed by atoms with van der Waals surface area (Å²) in [5, 5.41) is 2.36. The molecule has 1 aromatic carbocycles. The van der Waals surface area contributed by atoms with Crippen LogP contribution < -0.4 is 5.32 Å². The Balaban J connectivity index is 1.84. The number of amides is 2. The van der Waals surface area contributed by atoms with Crippen LogP contribution in [-0.2, 0) is 9.53 Å². The van der Waals surface area contributed by atoms with Crippen LogP contribution in [0.5, 0.6) is 0 Å². The summed E-state index contributed by atoms with van der Waals surface area (Å²) in [7, 11) is 0. The lowest BCUT2D eigenvalue weighted by atomic mass is 10.3. The van der Waals surface area contributed by atoms with Gasteiger partial charge >= 0.3 is 12.0 Å². The molecule has 1 fully saturated rings. The van der Waals surface area contributed by atoms with Crippen LogP contribution in [0.25, 0.3) is 0 Å². The Kier molecular flexibility index (Phi) is 5.86. The minimum absolute atomic E-state index is 0.182. The number of anilines is 1. The quantitative estimate of drug-likeness (QED) is 0.855. The molecule has 8 heteroatoms. The van der Waals surface area contributed by atoms with Crippen molar-refractivity contribution in [2.45, 2.75) is 6.92 Å². The van der Waals surface area contributed by atoms with Crippen LogP contribution in [0, 0.1) is 11.6 Å². The topological polar surface area (TPSA) is 61.9 Å². The van der Waals surface area contributed by atoms with Gasteiger partial charge in [-0.15, -0.1) is 0 Å². The third kappa shape index (κ3) is 4.88. The van der Waals surface area contributed by atoms with E-state index < -0.39 is 17.7 Å². The van der Waals surface area contributed by atoms with Crippen molar-refractivity contribution in [2.24, 2.45) is 0 Å². The first-order valence-electron chi connectivity index (χ1n) is 7.38. The highest BCUT2D eigenvalue weighted by molar-refractivity contribution is 5.89. The van der Waals surface area contributed by atoms with Gasteiger partial charge in [-0.25, -0.2) is 13.6 Å². The molecule has 1 aliphatic heterocycles. The molecule has 1 aliphatic rings. The van der Waals surface area contributed by atoms with Crippen LogP contribution in [0.4, 0.5) is 19.3 Å². The normalized spacial score (nSPS) is 15.3. The Morgan fingerprint density at radius 1 is 1.22 bits per heavy atom. The van der Waals surface area contributed by atoms with Crippen molar-refractivity contribution >= 4 is 17.7 Å².